The number of aromatic nitrogens is 2. The van der Waals surface area contributed by atoms with Gasteiger partial charge >= 0.3 is 0 Å². The standard InChI is InChI=1S/C13H21N5.HI/c1-9-7-12(17-10(2)16-9)8-15-13(14)18-11-5-3-4-6-11;/h7,11H,3-6,8H2,1-2H3,(H3,14,15,18);1H. The zero-order valence-corrected chi connectivity index (χ0v) is 13.8. The number of guanidine groups is 1. The fourth-order valence-electron chi connectivity index (χ4n) is 2.37. The number of nitrogens with two attached hydrogens (primary N) is 1. The van der Waals surface area contributed by atoms with E-state index in [-0.39, 0.29) is 24.0 Å². The van der Waals surface area contributed by atoms with Crippen LogP contribution in [0.15, 0.2) is 11.1 Å². The van der Waals surface area contributed by atoms with Crippen molar-refractivity contribution < 1.29 is 0 Å². The van der Waals surface area contributed by atoms with E-state index in [4.69, 9.17) is 5.73 Å². The summed E-state index contributed by atoms with van der Waals surface area (Å²) in [5.74, 6) is 1.30. The van der Waals surface area contributed by atoms with E-state index in [0.29, 0.717) is 18.5 Å². The average Bonchev–Trinajstić information content (AvgIpc) is 2.78. The number of nitrogens with zero attached hydrogens (tertiary/aromatic N) is 3. The van der Waals surface area contributed by atoms with Gasteiger partial charge in [-0.15, -0.1) is 24.0 Å². The van der Waals surface area contributed by atoms with Gasteiger partial charge in [-0.3, -0.25) is 0 Å². The molecule has 106 valence electrons. The van der Waals surface area contributed by atoms with Crippen LogP contribution in [0, 0.1) is 13.8 Å². The molecule has 1 aliphatic carbocycles. The van der Waals surface area contributed by atoms with Crippen molar-refractivity contribution >= 4 is 29.9 Å². The Morgan fingerprint density at radius 1 is 1.37 bits per heavy atom. The number of hydrogen-bond donors (Lipinski definition) is 2. The van der Waals surface area contributed by atoms with Gasteiger partial charge in [0, 0.05) is 11.7 Å². The Morgan fingerprint density at radius 3 is 2.68 bits per heavy atom. The molecule has 0 bridgehead atoms. The van der Waals surface area contributed by atoms with Crippen LogP contribution in [-0.2, 0) is 6.54 Å². The van der Waals surface area contributed by atoms with Crippen LogP contribution in [-0.4, -0.2) is 22.0 Å². The Labute approximate surface area is 131 Å². The number of aliphatic imine (C=N–C) groups is 1. The first-order valence-electron chi connectivity index (χ1n) is 6.51. The van der Waals surface area contributed by atoms with Crippen molar-refractivity contribution in [1.82, 2.24) is 15.3 Å². The third-order valence-electron chi connectivity index (χ3n) is 3.14. The number of halogens is 1. The minimum atomic E-state index is 0. The summed E-state index contributed by atoms with van der Waals surface area (Å²) in [5.41, 5.74) is 7.75. The molecule has 1 heterocycles. The highest BCUT2D eigenvalue weighted by Gasteiger charge is 2.14. The van der Waals surface area contributed by atoms with Crippen molar-refractivity contribution in [2.24, 2.45) is 10.7 Å². The molecule has 0 saturated heterocycles. The lowest BCUT2D eigenvalue weighted by molar-refractivity contribution is 0.625. The van der Waals surface area contributed by atoms with E-state index in [0.717, 1.165) is 17.2 Å². The van der Waals surface area contributed by atoms with Crippen LogP contribution in [0.2, 0.25) is 0 Å². The average molecular weight is 375 g/mol. The van der Waals surface area contributed by atoms with Crippen LogP contribution in [0.1, 0.15) is 42.9 Å². The lowest BCUT2D eigenvalue weighted by atomic mass is 10.2. The molecule has 19 heavy (non-hydrogen) atoms. The number of rotatable bonds is 3. The van der Waals surface area contributed by atoms with E-state index in [1.165, 1.54) is 25.7 Å². The summed E-state index contributed by atoms with van der Waals surface area (Å²) in [5, 5.41) is 3.26. The fourth-order valence-corrected chi connectivity index (χ4v) is 2.37. The Hall–Kier alpha value is -0.920. The first kappa shape index (κ1) is 16.1. The molecule has 0 amide bonds. The summed E-state index contributed by atoms with van der Waals surface area (Å²) in [6.45, 7) is 4.36. The van der Waals surface area contributed by atoms with Crippen molar-refractivity contribution in [3.63, 3.8) is 0 Å². The quantitative estimate of drug-likeness (QED) is 0.482. The molecule has 0 atom stereocenters. The topological polar surface area (TPSA) is 76.2 Å². The second kappa shape index (κ2) is 7.62. The molecule has 1 fully saturated rings. The maximum atomic E-state index is 5.87. The zero-order chi connectivity index (χ0) is 13.0. The van der Waals surface area contributed by atoms with Gasteiger partial charge in [0.2, 0.25) is 0 Å². The molecule has 0 aromatic carbocycles. The third kappa shape index (κ3) is 5.30. The van der Waals surface area contributed by atoms with Gasteiger partial charge in [0.05, 0.1) is 12.2 Å². The Bertz CT molecular complexity index is 420. The molecule has 1 aliphatic rings. The molecule has 1 aromatic rings. The van der Waals surface area contributed by atoms with E-state index < -0.39 is 0 Å². The van der Waals surface area contributed by atoms with Crippen molar-refractivity contribution in [1.29, 1.82) is 0 Å². The van der Waals surface area contributed by atoms with Crippen LogP contribution in [0.25, 0.3) is 0 Å². The molecule has 0 radical (unpaired) electrons. The van der Waals surface area contributed by atoms with Gasteiger partial charge in [-0.1, -0.05) is 12.8 Å². The van der Waals surface area contributed by atoms with Gasteiger partial charge in [0.1, 0.15) is 5.82 Å². The van der Waals surface area contributed by atoms with Crippen LogP contribution < -0.4 is 11.1 Å². The summed E-state index contributed by atoms with van der Waals surface area (Å²) >= 11 is 0. The van der Waals surface area contributed by atoms with Gasteiger partial charge in [-0.2, -0.15) is 0 Å². The van der Waals surface area contributed by atoms with Gasteiger partial charge in [0.25, 0.3) is 0 Å². The minimum Gasteiger partial charge on any atom is -0.370 e. The van der Waals surface area contributed by atoms with E-state index in [9.17, 15) is 0 Å². The van der Waals surface area contributed by atoms with E-state index in [2.05, 4.69) is 20.3 Å². The Balaban J connectivity index is 0.00000180. The van der Waals surface area contributed by atoms with Crippen molar-refractivity contribution in [3.8, 4) is 0 Å². The zero-order valence-electron chi connectivity index (χ0n) is 11.5. The van der Waals surface area contributed by atoms with Crippen LogP contribution >= 0.6 is 24.0 Å². The predicted molar refractivity (Wildman–Crippen MR) is 87.6 cm³/mol. The van der Waals surface area contributed by atoms with Crippen molar-refractivity contribution in [2.45, 2.75) is 52.1 Å². The molecule has 3 N–H and O–H groups in total. The van der Waals surface area contributed by atoms with Gasteiger partial charge in [-0.05, 0) is 32.8 Å². The molecular formula is C13H22IN5. The molecule has 0 aliphatic heterocycles. The first-order chi connectivity index (χ1) is 8.63. The van der Waals surface area contributed by atoms with Crippen molar-refractivity contribution in [2.75, 3.05) is 0 Å². The second-order valence-electron chi connectivity index (χ2n) is 4.88. The molecule has 0 unspecified atom stereocenters. The minimum absolute atomic E-state index is 0. The smallest absolute Gasteiger partial charge is 0.189 e. The van der Waals surface area contributed by atoms with Gasteiger partial charge in [-0.25, -0.2) is 15.0 Å². The molecule has 6 heteroatoms. The maximum absolute atomic E-state index is 5.87. The fraction of sp³-hybridized carbons (Fsp3) is 0.615. The highest BCUT2D eigenvalue weighted by atomic mass is 127. The van der Waals surface area contributed by atoms with Crippen LogP contribution in [0.5, 0.6) is 0 Å². The SMILES string of the molecule is Cc1cc(CN=C(N)NC2CCCC2)nc(C)n1.I. The summed E-state index contributed by atoms with van der Waals surface area (Å²) in [6.07, 6.45) is 4.97. The van der Waals surface area contributed by atoms with E-state index >= 15 is 0 Å². The molecule has 2 rings (SSSR count). The summed E-state index contributed by atoms with van der Waals surface area (Å²) < 4.78 is 0. The molecule has 1 saturated carbocycles. The molecule has 5 nitrogen and oxygen atoms in total. The lowest BCUT2D eigenvalue weighted by Crippen LogP contribution is -2.38. The second-order valence-corrected chi connectivity index (χ2v) is 4.88. The normalized spacial score (nSPS) is 16.2. The largest absolute Gasteiger partial charge is 0.370 e. The Kier molecular flexibility index (Phi) is 6.47. The highest BCUT2D eigenvalue weighted by molar-refractivity contribution is 14.0. The van der Waals surface area contributed by atoms with Crippen LogP contribution in [0.3, 0.4) is 0 Å². The molecular weight excluding hydrogens is 353 g/mol. The number of nitrogens with one attached hydrogen (secondary N) is 1. The van der Waals surface area contributed by atoms with E-state index in [1.807, 2.05) is 19.9 Å². The summed E-state index contributed by atoms with van der Waals surface area (Å²) in [7, 11) is 0. The van der Waals surface area contributed by atoms with Crippen molar-refractivity contribution in [3.05, 3.63) is 23.3 Å². The number of aryl methyl sites for hydroxylation is 2. The maximum Gasteiger partial charge on any atom is 0.189 e. The first-order valence-corrected chi connectivity index (χ1v) is 6.51. The monoisotopic (exact) mass is 375 g/mol. The lowest BCUT2D eigenvalue weighted by Gasteiger charge is -2.12. The Morgan fingerprint density at radius 2 is 2.05 bits per heavy atom. The van der Waals surface area contributed by atoms with Crippen LogP contribution in [0.4, 0.5) is 0 Å². The predicted octanol–water partition coefficient (Wildman–Crippen LogP) is 2.06. The van der Waals surface area contributed by atoms with E-state index in [1.54, 1.807) is 0 Å². The van der Waals surface area contributed by atoms with Gasteiger partial charge in [0.15, 0.2) is 5.96 Å². The molecule has 1 aromatic heterocycles. The van der Waals surface area contributed by atoms with Gasteiger partial charge < -0.3 is 11.1 Å². The number of hydrogen-bond acceptors (Lipinski definition) is 3. The summed E-state index contributed by atoms with van der Waals surface area (Å²) in [6, 6.07) is 2.45. The molecule has 0 spiro atoms. The summed E-state index contributed by atoms with van der Waals surface area (Å²) in [4.78, 5) is 12.9. The third-order valence-corrected chi connectivity index (χ3v) is 3.14. The highest BCUT2D eigenvalue weighted by Crippen LogP contribution is 2.17.